The number of fused-ring (bicyclic) bond motifs is 1. The predicted molar refractivity (Wildman–Crippen MR) is 93.3 cm³/mol. The smallest absolute Gasteiger partial charge is 0.317 e. The molecule has 0 bridgehead atoms. The first-order valence-electron chi connectivity index (χ1n) is 8.49. The number of carbonyl (C=O) groups is 2. The molecule has 2 aromatic rings. The molecule has 1 aromatic heterocycles. The van der Waals surface area contributed by atoms with Gasteiger partial charge in [0.25, 0.3) is 5.91 Å². The van der Waals surface area contributed by atoms with Crippen molar-refractivity contribution in [3.63, 3.8) is 0 Å². The SMILES string of the molecule is Cc1ccc(-c2cc(C(=O)N3CCN4C(=O)NCC4C3)[nH]n2)c(C)c1. The highest BCUT2D eigenvalue weighted by Crippen LogP contribution is 2.24. The quantitative estimate of drug-likeness (QED) is 0.871. The average Bonchev–Trinajstić information content (AvgIpc) is 3.21. The lowest BCUT2D eigenvalue weighted by atomic mass is 10.0. The fraction of sp³-hybridized carbons (Fsp3) is 0.389. The van der Waals surface area contributed by atoms with Crippen molar-refractivity contribution in [3.8, 4) is 11.3 Å². The summed E-state index contributed by atoms with van der Waals surface area (Å²) in [5, 5.41) is 10.0. The van der Waals surface area contributed by atoms with Crippen LogP contribution in [0, 0.1) is 13.8 Å². The van der Waals surface area contributed by atoms with Crippen molar-refractivity contribution in [1.29, 1.82) is 0 Å². The van der Waals surface area contributed by atoms with Crippen LogP contribution in [0.1, 0.15) is 21.6 Å². The first kappa shape index (κ1) is 15.7. The highest BCUT2D eigenvalue weighted by Gasteiger charge is 2.37. The molecule has 1 aromatic carbocycles. The molecule has 2 fully saturated rings. The Bertz CT molecular complexity index is 844. The van der Waals surface area contributed by atoms with Crippen LogP contribution in [0.25, 0.3) is 11.3 Å². The van der Waals surface area contributed by atoms with E-state index >= 15 is 0 Å². The van der Waals surface area contributed by atoms with Crippen molar-refractivity contribution >= 4 is 11.9 Å². The topological polar surface area (TPSA) is 81.3 Å². The zero-order chi connectivity index (χ0) is 17.6. The van der Waals surface area contributed by atoms with Gasteiger partial charge in [0.15, 0.2) is 0 Å². The predicted octanol–water partition coefficient (Wildman–Crippen LogP) is 1.54. The van der Waals surface area contributed by atoms with E-state index in [1.165, 1.54) is 5.56 Å². The van der Waals surface area contributed by atoms with Crippen LogP contribution in [-0.4, -0.2) is 64.2 Å². The minimum atomic E-state index is -0.0671. The van der Waals surface area contributed by atoms with Crippen molar-refractivity contribution in [1.82, 2.24) is 25.3 Å². The summed E-state index contributed by atoms with van der Waals surface area (Å²) in [6.07, 6.45) is 0. The third-order valence-corrected chi connectivity index (χ3v) is 4.99. The maximum absolute atomic E-state index is 12.8. The van der Waals surface area contributed by atoms with E-state index in [0.717, 1.165) is 16.8 Å². The maximum Gasteiger partial charge on any atom is 0.317 e. The van der Waals surface area contributed by atoms with Crippen LogP contribution in [0.5, 0.6) is 0 Å². The van der Waals surface area contributed by atoms with Gasteiger partial charge in [-0.25, -0.2) is 4.79 Å². The van der Waals surface area contributed by atoms with Gasteiger partial charge in [-0.05, 0) is 25.5 Å². The molecule has 3 amide bonds. The molecule has 7 nitrogen and oxygen atoms in total. The highest BCUT2D eigenvalue weighted by molar-refractivity contribution is 5.93. The Hall–Kier alpha value is -2.83. The number of nitrogens with zero attached hydrogens (tertiary/aromatic N) is 3. The Morgan fingerprint density at radius 2 is 2.08 bits per heavy atom. The number of benzene rings is 1. The van der Waals surface area contributed by atoms with Crippen LogP contribution in [0.2, 0.25) is 0 Å². The monoisotopic (exact) mass is 339 g/mol. The fourth-order valence-electron chi connectivity index (χ4n) is 3.63. The normalized spacial score (nSPS) is 19.8. The summed E-state index contributed by atoms with van der Waals surface area (Å²) >= 11 is 0. The summed E-state index contributed by atoms with van der Waals surface area (Å²) in [7, 11) is 0. The Labute approximate surface area is 146 Å². The van der Waals surface area contributed by atoms with Crippen molar-refractivity contribution in [2.75, 3.05) is 26.2 Å². The van der Waals surface area contributed by atoms with Gasteiger partial charge in [-0.1, -0.05) is 23.8 Å². The number of aromatic nitrogens is 2. The van der Waals surface area contributed by atoms with Crippen LogP contribution >= 0.6 is 0 Å². The first-order valence-corrected chi connectivity index (χ1v) is 8.49. The number of amides is 3. The summed E-state index contributed by atoms with van der Waals surface area (Å²) in [4.78, 5) is 28.0. The second-order valence-electron chi connectivity index (χ2n) is 6.77. The van der Waals surface area contributed by atoms with E-state index in [2.05, 4.69) is 28.5 Å². The fourth-order valence-corrected chi connectivity index (χ4v) is 3.63. The second kappa shape index (κ2) is 5.91. The zero-order valence-corrected chi connectivity index (χ0v) is 14.4. The van der Waals surface area contributed by atoms with Gasteiger partial charge in [0.2, 0.25) is 0 Å². The number of piperazine rings is 1. The average molecular weight is 339 g/mol. The third-order valence-electron chi connectivity index (χ3n) is 4.99. The van der Waals surface area contributed by atoms with E-state index in [1.807, 2.05) is 25.1 Å². The molecule has 3 heterocycles. The van der Waals surface area contributed by atoms with Gasteiger partial charge >= 0.3 is 6.03 Å². The van der Waals surface area contributed by atoms with E-state index in [1.54, 1.807) is 9.80 Å². The number of nitrogens with one attached hydrogen (secondary N) is 2. The van der Waals surface area contributed by atoms with Gasteiger partial charge in [0, 0.05) is 31.7 Å². The number of urea groups is 1. The Balaban J connectivity index is 1.52. The number of H-pyrrole nitrogens is 1. The van der Waals surface area contributed by atoms with Gasteiger partial charge in [-0.2, -0.15) is 5.10 Å². The van der Waals surface area contributed by atoms with E-state index in [-0.39, 0.29) is 18.0 Å². The molecule has 130 valence electrons. The lowest BCUT2D eigenvalue weighted by molar-refractivity contribution is 0.0611. The van der Waals surface area contributed by atoms with Crippen molar-refractivity contribution < 1.29 is 9.59 Å². The number of rotatable bonds is 2. The molecule has 0 aliphatic carbocycles. The standard InChI is InChI=1S/C18H21N5O2/c1-11-3-4-14(12(2)7-11)15-8-16(21-20-15)17(24)22-5-6-23-13(10-22)9-19-18(23)25/h3-4,7-8,13H,5-6,9-10H2,1-2H3,(H,19,25)(H,20,21). The molecule has 2 N–H and O–H groups in total. The number of aromatic amines is 1. The second-order valence-corrected chi connectivity index (χ2v) is 6.77. The van der Waals surface area contributed by atoms with E-state index in [9.17, 15) is 9.59 Å². The largest absolute Gasteiger partial charge is 0.336 e. The van der Waals surface area contributed by atoms with Gasteiger partial charge in [-0.3, -0.25) is 9.89 Å². The Kier molecular flexibility index (Phi) is 3.71. The molecule has 4 rings (SSSR count). The molecule has 2 aliphatic heterocycles. The Morgan fingerprint density at radius 1 is 1.24 bits per heavy atom. The number of carbonyl (C=O) groups excluding carboxylic acids is 2. The van der Waals surface area contributed by atoms with Gasteiger partial charge < -0.3 is 15.1 Å². The Morgan fingerprint density at radius 3 is 2.88 bits per heavy atom. The van der Waals surface area contributed by atoms with Gasteiger partial charge in [-0.15, -0.1) is 0 Å². The minimum Gasteiger partial charge on any atom is -0.336 e. The van der Waals surface area contributed by atoms with Crippen molar-refractivity contribution in [3.05, 3.63) is 41.1 Å². The number of hydrogen-bond donors (Lipinski definition) is 2. The van der Waals surface area contributed by atoms with Crippen LogP contribution in [0.4, 0.5) is 4.79 Å². The molecule has 0 spiro atoms. The number of aryl methyl sites for hydroxylation is 2. The number of hydrogen-bond acceptors (Lipinski definition) is 3. The third kappa shape index (κ3) is 2.75. The summed E-state index contributed by atoms with van der Waals surface area (Å²) in [6.45, 7) is 6.36. The van der Waals surface area contributed by atoms with Crippen molar-refractivity contribution in [2.24, 2.45) is 0 Å². The summed E-state index contributed by atoms with van der Waals surface area (Å²) in [5.74, 6) is -0.0671. The van der Waals surface area contributed by atoms with Gasteiger partial charge in [0.05, 0.1) is 11.7 Å². The molecule has 1 atom stereocenters. The molecule has 25 heavy (non-hydrogen) atoms. The van der Waals surface area contributed by atoms with Crippen LogP contribution < -0.4 is 5.32 Å². The van der Waals surface area contributed by atoms with Crippen molar-refractivity contribution in [2.45, 2.75) is 19.9 Å². The molecule has 2 saturated heterocycles. The van der Waals surface area contributed by atoms with E-state index in [0.29, 0.717) is 31.9 Å². The van der Waals surface area contributed by atoms with E-state index in [4.69, 9.17) is 0 Å². The van der Waals surface area contributed by atoms with Crippen LogP contribution in [0.3, 0.4) is 0 Å². The maximum atomic E-state index is 12.8. The van der Waals surface area contributed by atoms with E-state index < -0.39 is 0 Å². The first-order chi connectivity index (χ1) is 12.0. The lowest BCUT2D eigenvalue weighted by Gasteiger charge is -2.36. The molecular formula is C18H21N5O2. The summed E-state index contributed by atoms with van der Waals surface area (Å²) < 4.78 is 0. The van der Waals surface area contributed by atoms with Crippen LogP contribution in [-0.2, 0) is 0 Å². The summed E-state index contributed by atoms with van der Waals surface area (Å²) in [6, 6.07) is 8.02. The van der Waals surface area contributed by atoms with Crippen LogP contribution in [0.15, 0.2) is 24.3 Å². The van der Waals surface area contributed by atoms with Gasteiger partial charge in [0.1, 0.15) is 5.69 Å². The molecule has 7 heteroatoms. The minimum absolute atomic E-state index is 0.0317. The summed E-state index contributed by atoms with van der Waals surface area (Å²) in [5.41, 5.74) is 4.62. The molecule has 0 saturated carbocycles. The molecular weight excluding hydrogens is 318 g/mol. The highest BCUT2D eigenvalue weighted by atomic mass is 16.2. The molecule has 1 unspecified atom stereocenters. The zero-order valence-electron chi connectivity index (χ0n) is 14.4. The molecule has 2 aliphatic rings. The lowest BCUT2D eigenvalue weighted by Crippen LogP contribution is -2.53. The molecule has 0 radical (unpaired) electrons.